The lowest BCUT2D eigenvalue weighted by molar-refractivity contribution is 0.282. The quantitative estimate of drug-likeness (QED) is 0.791. The molecule has 1 aliphatic rings. The molecule has 0 bridgehead atoms. The van der Waals surface area contributed by atoms with Crippen molar-refractivity contribution in [2.24, 2.45) is 5.73 Å². The van der Waals surface area contributed by atoms with E-state index < -0.39 is 0 Å². The molecule has 4 N–H and O–H groups in total. The van der Waals surface area contributed by atoms with E-state index in [-0.39, 0.29) is 6.61 Å². The summed E-state index contributed by atoms with van der Waals surface area (Å²) in [5.74, 6) is 0. The van der Waals surface area contributed by atoms with Crippen molar-refractivity contribution in [3.8, 4) is 0 Å². The molecule has 0 fully saturated rings. The fraction of sp³-hybridized carbons (Fsp3) is 0.222. The highest BCUT2D eigenvalue weighted by Gasteiger charge is 2.21. The van der Waals surface area contributed by atoms with Crippen LogP contribution in [-0.2, 0) is 6.61 Å². The van der Waals surface area contributed by atoms with E-state index in [4.69, 9.17) is 17.3 Å². The van der Waals surface area contributed by atoms with Gasteiger partial charge in [0.2, 0.25) is 0 Å². The molecule has 3 rings (SSSR count). The van der Waals surface area contributed by atoms with Gasteiger partial charge in [-0.2, -0.15) is 0 Å². The maximum Gasteiger partial charge on any atom is 0.0682 e. The maximum atomic E-state index is 9.49. The number of benzene rings is 2. The Labute approximate surface area is 141 Å². The van der Waals surface area contributed by atoms with Crippen LogP contribution in [0.3, 0.4) is 0 Å². The average molecular weight is 330 g/mol. The Morgan fingerprint density at radius 2 is 2.00 bits per heavy atom. The molecule has 1 aliphatic heterocycles. The first-order valence-corrected chi connectivity index (χ1v) is 7.95. The van der Waals surface area contributed by atoms with Crippen molar-refractivity contribution in [3.05, 3.63) is 64.3 Å². The first kappa shape index (κ1) is 15.7. The normalized spacial score (nSPS) is 16.4. The molecule has 0 aliphatic carbocycles. The zero-order valence-electron chi connectivity index (χ0n) is 13.0. The molecule has 0 saturated carbocycles. The lowest BCUT2D eigenvalue weighted by Gasteiger charge is -2.25. The average Bonchev–Trinajstić information content (AvgIpc) is 2.74. The van der Waals surface area contributed by atoms with Gasteiger partial charge >= 0.3 is 0 Å². The van der Waals surface area contributed by atoms with Crippen molar-refractivity contribution >= 4 is 28.7 Å². The summed E-state index contributed by atoms with van der Waals surface area (Å²) in [7, 11) is 0. The molecular weight excluding hydrogens is 310 g/mol. The summed E-state index contributed by atoms with van der Waals surface area (Å²) in [4.78, 5) is 2.22. The van der Waals surface area contributed by atoms with Crippen LogP contribution in [0.4, 0.5) is 11.4 Å². The number of anilines is 2. The Balaban J connectivity index is 2.17. The molecule has 2 aromatic rings. The molecule has 0 spiro atoms. The highest BCUT2D eigenvalue weighted by Crippen LogP contribution is 2.35. The van der Waals surface area contributed by atoms with Gasteiger partial charge in [-0.1, -0.05) is 23.7 Å². The summed E-state index contributed by atoms with van der Waals surface area (Å²) in [6.07, 6.45) is 0. The van der Waals surface area contributed by atoms with Gasteiger partial charge in [0.1, 0.15) is 0 Å². The van der Waals surface area contributed by atoms with Gasteiger partial charge in [0.25, 0.3) is 0 Å². The Kier molecular flexibility index (Phi) is 4.46. The van der Waals surface area contributed by atoms with Gasteiger partial charge in [0, 0.05) is 35.1 Å². The van der Waals surface area contributed by atoms with Crippen molar-refractivity contribution in [2.75, 3.05) is 18.0 Å². The third-order valence-corrected chi connectivity index (χ3v) is 4.23. The Morgan fingerprint density at radius 3 is 2.65 bits per heavy atom. The van der Waals surface area contributed by atoms with Crippen molar-refractivity contribution in [1.29, 1.82) is 0 Å². The molecule has 23 heavy (non-hydrogen) atoms. The minimum Gasteiger partial charge on any atom is -0.401 e. The fourth-order valence-electron chi connectivity index (χ4n) is 2.86. The van der Waals surface area contributed by atoms with Crippen molar-refractivity contribution < 1.29 is 5.11 Å². The van der Waals surface area contributed by atoms with Gasteiger partial charge in [-0.15, -0.1) is 0 Å². The molecule has 5 heteroatoms. The zero-order chi connectivity index (χ0) is 16.4. The van der Waals surface area contributed by atoms with Crippen LogP contribution in [-0.4, -0.2) is 18.2 Å². The second kappa shape index (κ2) is 6.52. The highest BCUT2D eigenvalue weighted by atomic mass is 35.5. The third-order valence-electron chi connectivity index (χ3n) is 3.97. The number of nitrogens with zero attached hydrogens (tertiary/aromatic N) is 1. The number of rotatable bonds is 2. The molecular formula is C18H20ClN3O. The highest BCUT2D eigenvalue weighted by molar-refractivity contribution is 6.30. The van der Waals surface area contributed by atoms with E-state index in [2.05, 4.69) is 10.2 Å². The van der Waals surface area contributed by atoms with Crippen LogP contribution in [0, 0.1) is 0 Å². The van der Waals surface area contributed by atoms with Crippen molar-refractivity contribution in [2.45, 2.75) is 13.5 Å². The number of allylic oxidation sites excluding steroid dienone is 1. The molecule has 0 amide bonds. The predicted molar refractivity (Wildman–Crippen MR) is 95.6 cm³/mol. The molecule has 0 unspecified atom stereocenters. The number of hydrogen-bond acceptors (Lipinski definition) is 4. The molecule has 120 valence electrons. The lowest BCUT2D eigenvalue weighted by Crippen LogP contribution is -2.24. The number of hydrogen-bond donors (Lipinski definition) is 3. The second-order valence-electron chi connectivity index (χ2n) is 5.62. The molecule has 0 aromatic heterocycles. The number of fused-ring (bicyclic) bond motifs is 1. The van der Waals surface area contributed by atoms with Crippen LogP contribution >= 0.6 is 11.6 Å². The van der Waals surface area contributed by atoms with Crippen LogP contribution in [0.5, 0.6) is 0 Å². The molecule has 0 atom stereocenters. The number of aliphatic hydroxyl groups is 1. The van der Waals surface area contributed by atoms with Crippen molar-refractivity contribution in [3.63, 3.8) is 0 Å². The molecule has 1 heterocycles. The zero-order valence-corrected chi connectivity index (χ0v) is 13.8. The third kappa shape index (κ3) is 3.14. The minimum atomic E-state index is 0.00974. The van der Waals surface area contributed by atoms with Crippen LogP contribution < -0.4 is 16.0 Å². The standard InChI is InChI=1S/C18H20ClN3O/c1-12(20)18-16-7-2-13(11-23)10-17(16)22(9-8-21-18)15-5-3-14(19)4-6-15/h2-7,10,21,23H,8-9,11,20H2,1H3/b18-12-. The molecule has 4 nitrogen and oxygen atoms in total. The summed E-state index contributed by atoms with van der Waals surface area (Å²) in [5, 5.41) is 13.6. The number of aliphatic hydroxyl groups excluding tert-OH is 1. The summed E-state index contributed by atoms with van der Waals surface area (Å²) >= 11 is 6.01. The Hall–Kier alpha value is -2.17. The van der Waals surface area contributed by atoms with Crippen molar-refractivity contribution in [1.82, 2.24) is 5.32 Å². The number of nitrogens with two attached hydrogens (primary N) is 1. The van der Waals surface area contributed by atoms with E-state index in [9.17, 15) is 5.11 Å². The van der Waals surface area contributed by atoms with Gasteiger partial charge in [-0.05, 0) is 42.8 Å². The van der Waals surface area contributed by atoms with E-state index in [0.29, 0.717) is 5.02 Å². The minimum absolute atomic E-state index is 0.00974. The van der Waals surface area contributed by atoms with Gasteiger partial charge in [0.05, 0.1) is 18.0 Å². The fourth-order valence-corrected chi connectivity index (χ4v) is 2.99. The van der Waals surface area contributed by atoms with E-state index in [0.717, 1.165) is 47.0 Å². The van der Waals surface area contributed by atoms with Crippen LogP contribution in [0.2, 0.25) is 5.02 Å². The lowest BCUT2D eigenvalue weighted by atomic mass is 10.0. The number of nitrogens with one attached hydrogen (secondary N) is 1. The summed E-state index contributed by atoms with van der Waals surface area (Å²) in [6.45, 7) is 3.47. The monoisotopic (exact) mass is 329 g/mol. The summed E-state index contributed by atoms with van der Waals surface area (Å²) < 4.78 is 0. The van der Waals surface area contributed by atoms with Crippen LogP contribution in [0.15, 0.2) is 48.2 Å². The SMILES string of the molecule is C/C(N)=C1/NCCN(c2ccc(Cl)cc2)c2cc(CO)ccc21. The molecule has 0 radical (unpaired) electrons. The smallest absolute Gasteiger partial charge is 0.0682 e. The molecule has 0 saturated heterocycles. The van der Waals surface area contributed by atoms with Gasteiger partial charge < -0.3 is 21.1 Å². The molecule has 2 aromatic carbocycles. The second-order valence-corrected chi connectivity index (χ2v) is 6.06. The predicted octanol–water partition coefficient (Wildman–Crippen LogP) is 3.22. The Bertz CT molecular complexity index is 736. The van der Waals surface area contributed by atoms with Gasteiger partial charge in [0.15, 0.2) is 0 Å². The van der Waals surface area contributed by atoms with Crippen LogP contribution in [0.25, 0.3) is 5.70 Å². The topological polar surface area (TPSA) is 61.5 Å². The van der Waals surface area contributed by atoms with E-state index in [1.165, 1.54) is 0 Å². The van der Waals surface area contributed by atoms with Crippen LogP contribution in [0.1, 0.15) is 18.1 Å². The Morgan fingerprint density at radius 1 is 1.26 bits per heavy atom. The van der Waals surface area contributed by atoms with E-state index in [1.54, 1.807) is 0 Å². The first-order valence-electron chi connectivity index (χ1n) is 7.57. The van der Waals surface area contributed by atoms with Gasteiger partial charge in [-0.3, -0.25) is 0 Å². The largest absolute Gasteiger partial charge is 0.401 e. The van der Waals surface area contributed by atoms with E-state index in [1.807, 2.05) is 49.4 Å². The first-order chi connectivity index (χ1) is 11.1. The summed E-state index contributed by atoms with van der Waals surface area (Å²) in [5.41, 5.74) is 11.8. The number of halogens is 1. The van der Waals surface area contributed by atoms with Gasteiger partial charge in [-0.25, -0.2) is 0 Å². The summed E-state index contributed by atoms with van der Waals surface area (Å²) in [6, 6.07) is 13.7. The maximum absolute atomic E-state index is 9.49. The van der Waals surface area contributed by atoms with E-state index >= 15 is 0 Å².